The highest BCUT2D eigenvalue weighted by molar-refractivity contribution is 6.04. The van der Waals surface area contributed by atoms with E-state index >= 15 is 0 Å². The van der Waals surface area contributed by atoms with Gasteiger partial charge >= 0.3 is 6.03 Å². The van der Waals surface area contributed by atoms with Crippen LogP contribution >= 0.6 is 0 Å². The Bertz CT molecular complexity index is 1170. The number of halogens is 1. The molecule has 1 aliphatic carbocycles. The van der Waals surface area contributed by atoms with Crippen molar-refractivity contribution < 1.29 is 18.8 Å². The third kappa shape index (κ3) is 6.19. The molecule has 0 heterocycles. The molecule has 3 aromatic carbocycles. The average molecular weight is 461 g/mol. The molecule has 8 heteroatoms. The van der Waals surface area contributed by atoms with E-state index in [2.05, 4.69) is 21.3 Å². The van der Waals surface area contributed by atoms with Crippen molar-refractivity contribution in [3.63, 3.8) is 0 Å². The van der Waals surface area contributed by atoms with Gasteiger partial charge < -0.3 is 21.3 Å². The van der Waals surface area contributed by atoms with E-state index in [0.717, 1.165) is 18.4 Å². The van der Waals surface area contributed by atoms with Gasteiger partial charge in [0, 0.05) is 28.5 Å². The molecular weight excluding hydrogens is 435 g/mol. The highest BCUT2D eigenvalue weighted by Gasteiger charge is 2.23. The molecular formula is C26H25FN4O3. The lowest BCUT2D eigenvalue weighted by Crippen LogP contribution is -2.30. The highest BCUT2D eigenvalue weighted by atomic mass is 19.1. The fourth-order valence-electron chi connectivity index (χ4n) is 3.31. The predicted molar refractivity (Wildman–Crippen MR) is 128 cm³/mol. The number of carbonyl (C=O) groups excluding carboxylic acids is 3. The van der Waals surface area contributed by atoms with Crippen molar-refractivity contribution in [3.8, 4) is 0 Å². The van der Waals surface area contributed by atoms with E-state index in [1.54, 1.807) is 36.4 Å². The molecule has 1 unspecified atom stereocenters. The van der Waals surface area contributed by atoms with Crippen LogP contribution in [0.15, 0.2) is 72.8 Å². The first kappa shape index (κ1) is 23.0. The molecule has 4 amide bonds. The fourth-order valence-corrected chi connectivity index (χ4v) is 3.31. The van der Waals surface area contributed by atoms with Gasteiger partial charge in [-0.2, -0.15) is 0 Å². The van der Waals surface area contributed by atoms with Gasteiger partial charge in [-0.25, -0.2) is 9.18 Å². The van der Waals surface area contributed by atoms with Crippen molar-refractivity contribution in [2.24, 2.45) is 0 Å². The van der Waals surface area contributed by atoms with Gasteiger partial charge in [0.1, 0.15) is 5.82 Å². The smallest absolute Gasteiger partial charge is 0.319 e. The van der Waals surface area contributed by atoms with Crippen LogP contribution in [-0.2, 0) is 0 Å². The topological polar surface area (TPSA) is 99.3 Å². The maximum absolute atomic E-state index is 13.0. The largest absolute Gasteiger partial charge is 0.346 e. The number of urea groups is 1. The van der Waals surface area contributed by atoms with Crippen LogP contribution in [0.1, 0.15) is 52.1 Å². The first-order valence-corrected chi connectivity index (χ1v) is 11.0. The second-order valence-corrected chi connectivity index (χ2v) is 8.23. The molecule has 0 bridgehead atoms. The molecule has 0 saturated heterocycles. The number of rotatable bonds is 7. The summed E-state index contributed by atoms with van der Waals surface area (Å²) in [5.41, 5.74) is 2.90. The average Bonchev–Trinajstić information content (AvgIpc) is 3.64. The Morgan fingerprint density at radius 2 is 1.29 bits per heavy atom. The summed E-state index contributed by atoms with van der Waals surface area (Å²) in [6, 6.07) is 18.9. The quantitative estimate of drug-likeness (QED) is 0.405. The van der Waals surface area contributed by atoms with Crippen molar-refractivity contribution in [2.75, 3.05) is 10.6 Å². The Morgan fingerprint density at radius 1 is 0.765 bits per heavy atom. The van der Waals surface area contributed by atoms with E-state index in [1.807, 2.05) is 19.1 Å². The summed E-state index contributed by atoms with van der Waals surface area (Å²) in [6.45, 7) is 1.86. The minimum Gasteiger partial charge on any atom is -0.346 e. The molecule has 7 nitrogen and oxygen atoms in total. The molecule has 174 valence electrons. The minimum atomic E-state index is -0.402. The Balaban J connectivity index is 1.29. The van der Waals surface area contributed by atoms with E-state index in [1.165, 1.54) is 24.3 Å². The van der Waals surface area contributed by atoms with E-state index < -0.39 is 5.82 Å². The van der Waals surface area contributed by atoms with Crippen molar-refractivity contribution in [2.45, 2.75) is 31.8 Å². The van der Waals surface area contributed by atoms with E-state index in [-0.39, 0.29) is 29.9 Å². The van der Waals surface area contributed by atoms with E-state index in [9.17, 15) is 18.8 Å². The van der Waals surface area contributed by atoms with Crippen molar-refractivity contribution in [3.05, 3.63) is 95.3 Å². The van der Waals surface area contributed by atoms with Gasteiger partial charge in [0.15, 0.2) is 0 Å². The number of benzene rings is 3. The first-order chi connectivity index (χ1) is 16.4. The van der Waals surface area contributed by atoms with Crippen molar-refractivity contribution >= 4 is 29.2 Å². The lowest BCUT2D eigenvalue weighted by atomic mass is 10.1. The predicted octanol–water partition coefficient (Wildman–Crippen LogP) is 4.85. The zero-order valence-electron chi connectivity index (χ0n) is 18.6. The summed E-state index contributed by atoms with van der Waals surface area (Å²) in [4.78, 5) is 36.7. The van der Waals surface area contributed by atoms with Crippen molar-refractivity contribution in [1.29, 1.82) is 0 Å². The zero-order valence-corrected chi connectivity index (χ0v) is 18.6. The Hall–Kier alpha value is -4.20. The number of hydrogen-bond donors (Lipinski definition) is 4. The van der Waals surface area contributed by atoms with Gasteiger partial charge in [-0.05, 0) is 86.0 Å². The Morgan fingerprint density at radius 3 is 1.91 bits per heavy atom. The maximum Gasteiger partial charge on any atom is 0.319 e. The second kappa shape index (κ2) is 10.2. The third-order valence-electron chi connectivity index (χ3n) is 5.44. The van der Waals surface area contributed by atoms with Crippen molar-refractivity contribution in [1.82, 2.24) is 10.6 Å². The van der Waals surface area contributed by atoms with Gasteiger partial charge in [0.2, 0.25) is 0 Å². The summed E-state index contributed by atoms with van der Waals surface area (Å²) in [7, 11) is 0. The molecule has 1 aliphatic rings. The number of hydrogen-bond acceptors (Lipinski definition) is 3. The van der Waals surface area contributed by atoms with E-state index in [4.69, 9.17) is 0 Å². The molecule has 1 saturated carbocycles. The van der Waals surface area contributed by atoms with Gasteiger partial charge in [0.05, 0.1) is 6.04 Å². The van der Waals surface area contributed by atoms with Crippen LogP contribution in [-0.4, -0.2) is 23.9 Å². The van der Waals surface area contributed by atoms with Gasteiger partial charge in [-0.1, -0.05) is 12.1 Å². The molecule has 1 atom stereocenters. The molecule has 34 heavy (non-hydrogen) atoms. The molecule has 0 aliphatic heterocycles. The Labute approximate surface area is 196 Å². The molecule has 3 aromatic rings. The van der Waals surface area contributed by atoms with Gasteiger partial charge in [-0.3, -0.25) is 9.59 Å². The van der Waals surface area contributed by atoms with E-state index in [0.29, 0.717) is 22.5 Å². The molecule has 0 spiro atoms. The minimum absolute atomic E-state index is 0.241. The lowest BCUT2D eigenvalue weighted by Gasteiger charge is -2.15. The SMILES string of the molecule is CC(NC(=O)c1ccc(NC(=O)NC2CC2)cc1)c1ccc(NC(=O)c2ccc(F)cc2)cc1. The fraction of sp³-hybridized carbons (Fsp3) is 0.192. The summed E-state index contributed by atoms with van der Waals surface area (Å²) >= 11 is 0. The van der Waals surface area contributed by atoms with Crippen LogP contribution in [0.25, 0.3) is 0 Å². The number of nitrogens with one attached hydrogen (secondary N) is 4. The molecule has 0 radical (unpaired) electrons. The maximum atomic E-state index is 13.0. The Kier molecular flexibility index (Phi) is 6.87. The molecule has 1 fully saturated rings. The van der Waals surface area contributed by atoms with Crippen LogP contribution in [0.3, 0.4) is 0 Å². The summed E-state index contributed by atoms with van der Waals surface area (Å²) in [5, 5.41) is 11.3. The molecule has 4 rings (SSSR count). The summed E-state index contributed by atoms with van der Waals surface area (Å²) in [5.74, 6) is -0.979. The van der Waals surface area contributed by atoms with Crippen LogP contribution < -0.4 is 21.3 Å². The van der Waals surface area contributed by atoms with Gasteiger partial charge in [-0.15, -0.1) is 0 Å². The molecule has 4 N–H and O–H groups in total. The number of amides is 4. The van der Waals surface area contributed by atoms with Gasteiger partial charge in [0.25, 0.3) is 11.8 Å². The third-order valence-corrected chi connectivity index (χ3v) is 5.44. The molecule has 0 aromatic heterocycles. The number of anilines is 2. The number of carbonyl (C=O) groups is 3. The van der Waals surface area contributed by atoms with Crippen LogP contribution in [0.4, 0.5) is 20.6 Å². The van der Waals surface area contributed by atoms with Crippen LogP contribution in [0.5, 0.6) is 0 Å². The second-order valence-electron chi connectivity index (χ2n) is 8.23. The lowest BCUT2D eigenvalue weighted by molar-refractivity contribution is 0.0939. The monoisotopic (exact) mass is 460 g/mol. The van der Waals surface area contributed by atoms with Crippen LogP contribution in [0.2, 0.25) is 0 Å². The normalized spacial score (nSPS) is 13.5. The zero-order chi connectivity index (χ0) is 24.1. The first-order valence-electron chi connectivity index (χ1n) is 11.0. The summed E-state index contributed by atoms with van der Waals surface area (Å²) in [6.07, 6.45) is 2.02. The highest BCUT2D eigenvalue weighted by Crippen LogP contribution is 2.20. The van der Waals surface area contributed by atoms with Crippen LogP contribution in [0, 0.1) is 5.82 Å². The summed E-state index contributed by atoms with van der Waals surface area (Å²) < 4.78 is 13.0. The standard InChI is InChI=1S/C26H25FN4O3/c1-16(17-4-10-21(11-5-17)29-25(33)18-2-8-20(27)9-3-18)28-24(32)19-6-12-22(13-7-19)30-26(34)31-23-14-15-23/h2-13,16,23H,14-15H2,1H3,(H,28,32)(H,29,33)(H2,30,31,34).